The maximum absolute atomic E-state index is 11.4. The summed E-state index contributed by atoms with van der Waals surface area (Å²) in [5, 5.41) is 31.1. The van der Waals surface area contributed by atoms with Gasteiger partial charge in [0.2, 0.25) is 4.77 Å². The first-order valence-corrected chi connectivity index (χ1v) is 7.26. The summed E-state index contributed by atoms with van der Waals surface area (Å²) in [5.74, 6) is -1.26. The van der Waals surface area contributed by atoms with Crippen molar-refractivity contribution in [3.63, 3.8) is 0 Å². The predicted molar refractivity (Wildman–Crippen MR) is 78.3 cm³/mol. The number of nitrogens with zero attached hydrogens (tertiary/aromatic N) is 4. The molecule has 0 radical (unpaired) electrons. The van der Waals surface area contributed by atoms with E-state index in [1.54, 1.807) is 12.1 Å². The number of rotatable bonds is 3. The molecule has 3 rings (SSSR count). The van der Waals surface area contributed by atoms with Crippen molar-refractivity contribution in [3.05, 3.63) is 28.5 Å². The number of carboxylic acid groups (broad SMARTS) is 1. The molecule has 1 aromatic heterocycles. The quantitative estimate of drug-likeness (QED) is 0.435. The fraction of sp³-hybridized carbons (Fsp3) is 0.385. The zero-order chi connectivity index (χ0) is 15.7. The summed E-state index contributed by atoms with van der Waals surface area (Å²) in [6.45, 7) is 1.06. The van der Waals surface area contributed by atoms with Crippen molar-refractivity contribution in [3.8, 4) is 5.69 Å². The molecule has 1 aromatic carbocycles. The van der Waals surface area contributed by atoms with Gasteiger partial charge in [-0.15, -0.1) is 0 Å². The van der Waals surface area contributed by atoms with Crippen LogP contribution in [0.5, 0.6) is 0 Å². The Balaban J connectivity index is 0.00000192. The van der Waals surface area contributed by atoms with Gasteiger partial charge < -0.3 is 19.9 Å². The van der Waals surface area contributed by atoms with E-state index in [1.165, 1.54) is 10.7 Å². The van der Waals surface area contributed by atoms with E-state index in [-0.39, 0.29) is 61.7 Å². The summed E-state index contributed by atoms with van der Waals surface area (Å²) in [6.07, 6.45) is 1.04. The van der Waals surface area contributed by atoms with Gasteiger partial charge in [-0.2, -0.15) is 5.21 Å². The summed E-state index contributed by atoms with van der Waals surface area (Å²) in [4.78, 5) is 13.2. The SMILES string of the molecule is O=C([O-])c1ccc(-n2[nH]nnc2=S)cc1N1CCCC(O)C1.[K+]. The molecule has 23 heavy (non-hydrogen) atoms. The molecule has 0 aliphatic carbocycles. The third-order valence-corrected chi connectivity index (χ3v) is 3.93. The average Bonchev–Trinajstić information content (AvgIpc) is 2.92. The van der Waals surface area contributed by atoms with Crippen LogP contribution in [0, 0.1) is 4.77 Å². The van der Waals surface area contributed by atoms with Gasteiger partial charge in [-0.05, 0) is 43.3 Å². The number of hydrogen-bond acceptors (Lipinski definition) is 7. The molecular formula is C13H14KN5O3S. The monoisotopic (exact) mass is 359 g/mol. The second-order valence-corrected chi connectivity index (χ2v) is 5.51. The first kappa shape index (κ1) is 18.7. The number of β-amino-alcohol motifs (C(OH)–C–C–N with tert-alkyl or cyclic N) is 1. The van der Waals surface area contributed by atoms with Gasteiger partial charge in [-0.25, -0.2) is 4.68 Å². The molecule has 1 aliphatic rings. The van der Waals surface area contributed by atoms with Crippen LogP contribution >= 0.6 is 12.2 Å². The van der Waals surface area contributed by atoms with Gasteiger partial charge in [0, 0.05) is 24.3 Å². The minimum absolute atomic E-state index is 0. The smallest absolute Gasteiger partial charge is 0.545 e. The summed E-state index contributed by atoms with van der Waals surface area (Å²) in [7, 11) is 0. The summed E-state index contributed by atoms with van der Waals surface area (Å²) in [5.41, 5.74) is 1.19. The fourth-order valence-electron chi connectivity index (χ4n) is 2.63. The molecule has 10 heteroatoms. The molecule has 2 aromatic rings. The molecule has 1 fully saturated rings. The van der Waals surface area contributed by atoms with Crippen molar-refractivity contribution in [2.24, 2.45) is 0 Å². The number of hydrogen-bond donors (Lipinski definition) is 2. The minimum atomic E-state index is -1.26. The van der Waals surface area contributed by atoms with E-state index < -0.39 is 12.1 Å². The number of nitrogens with one attached hydrogen (secondary N) is 1. The maximum Gasteiger partial charge on any atom is 1.00 e. The van der Waals surface area contributed by atoms with Gasteiger partial charge >= 0.3 is 51.4 Å². The van der Waals surface area contributed by atoms with E-state index in [9.17, 15) is 15.0 Å². The second-order valence-electron chi connectivity index (χ2n) is 5.15. The Labute approximate surface area is 179 Å². The van der Waals surface area contributed by atoms with Gasteiger partial charge in [0.05, 0.1) is 17.8 Å². The number of tetrazole rings is 1. The molecule has 2 heterocycles. The molecule has 1 saturated heterocycles. The zero-order valence-electron chi connectivity index (χ0n) is 12.6. The molecule has 116 valence electrons. The van der Waals surface area contributed by atoms with Crippen LogP contribution in [0.15, 0.2) is 18.2 Å². The molecule has 2 N–H and O–H groups in total. The van der Waals surface area contributed by atoms with E-state index >= 15 is 0 Å². The Morgan fingerprint density at radius 2 is 2.26 bits per heavy atom. The van der Waals surface area contributed by atoms with Gasteiger partial charge in [0.1, 0.15) is 0 Å². The van der Waals surface area contributed by atoms with Crippen LogP contribution < -0.4 is 61.4 Å². The zero-order valence-corrected chi connectivity index (χ0v) is 16.5. The number of aromatic nitrogens is 4. The number of carbonyl (C=O) groups excluding carboxylic acids is 1. The van der Waals surface area contributed by atoms with Crippen molar-refractivity contribution in [1.82, 2.24) is 20.2 Å². The molecule has 0 amide bonds. The van der Waals surface area contributed by atoms with Crippen molar-refractivity contribution >= 4 is 23.9 Å². The van der Waals surface area contributed by atoms with E-state index in [4.69, 9.17) is 12.2 Å². The number of aromatic amines is 1. The standard InChI is InChI=1S/C13H15N5O3S.K/c19-9-2-1-5-17(7-9)11-6-8(3-4-10(11)12(20)21)18-13(22)14-15-16-18;/h3-4,6,9,19H,1-2,5,7H2,(H,20,21)(H,14,16,22);/q;+1/p-1. The van der Waals surface area contributed by atoms with Gasteiger partial charge in [-0.3, -0.25) is 0 Å². The number of benzene rings is 1. The molecule has 1 atom stereocenters. The first-order valence-electron chi connectivity index (χ1n) is 6.85. The third kappa shape index (κ3) is 4.08. The van der Waals surface area contributed by atoms with Crippen LogP contribution in [0.4, 0.5) is 5.69 Å². The summed E-state index contributed by atoms with van der Waals surface area (Å²) >= 11 is 5.05. The van der Waals surface area contributed by atoms with Crippen LogP contribution in [0.1, 0.15) is 23.2 Å². The number of carboxylic acids is 1. The molecule has 0 spiro atoms. The van der Waals surface area contributed by atoms with Crippen LogP contribution in [0.2, 0.25) is 0 Å². The van der Waals surface area contributed by atoms with E-state index in [2.05, 4.69) is 15.5 Å². The number of H-pyrrole nitrogens is 1. The maximum atomic E-state index is 11.4. The molecule has 0 bridgehead atoms. The van der Waals surface area contributed by atoms with E-state index in [0.29, 0.717) is 30.9 Å². The number of anilines is 1. The van der Waals surface area contributed by atoms with Crippen molar-refractivity contribution in [1.29, 1.82) is 0 Å². The minimum Gasteiger partial charge on any atom is -0.545 e. The molecular weight excluding hydrogens is 345 g/mol. The predicted octanol–water partition coefficient (Wildman–Crippen LogP) is -3.35. The third-order valence-electron chi connectivity index (χ3n) is 3.67. The summed E-state index contributed by atoms with van der Waals surface area (Å²) < 4.78 is 1.71. The molecule has 1 aliphatic heterocycles. The number of aliphatic hydroxyl groups is 1. The summed E-state index contributed by atoms with van der Waals surface area (Å²) in [6, 6.07) is 4.74. The molecule has 1 unspecified atom stereocenters. The van der Waals surface area contributed by atoms with Crippen LogP contribution in [-0.2, 0) is 0 Å². The molecule has 8 nitrogen and oxygen atoms in total. The van der Waals surface area contributed by atoms with Gasteiger partial charge in [-0.1, -0.05) is 10.3 Å². The normalized spacial score (nSPS) is 17.6. The number of carbonyl (C=O) groups is 1. The fourth-order valence-corrected chi connectivity index (χ4v) is 2.82. The van der Waals surface area contributed by atoms with Crippen molar-refractivity contribution < 1.29 is 66.4 Å². The Morgan fingerprint density at radius 1 is 1.48 bits per heavy atom. The van der Waals surface area contributed by atoms with Crippen LogP contribution in [0.25, 0.3) is 5.69 Å². The Bertz CT molecular complexity index is 762. The first-order chi connectivity index (χ1) is 10.6. The Morgan fingerprint density at radius 3 is 2.87 bits per heavy atom. The van der Waals surface area contributed by atoms with E-state index in [0.717, 1.165) is 6.42 Å². The number of aromatic carboxylic acids is 1. The van der Waals surface area contributed by atoms with Crippen LogP contribution in [0.3, 0.4) is 0 Å². The van der Waals surface area contributed by atoms with Gasteiger partial charge in [0.25, 0.3) is 0 Å². The van der Waals surface area contributed by atoms with Crippen molar-refractivity contribution in [2.45, 2.75) is 18.9 Å². The topological polar surface area (TPSA) is 110 Å². The van der Waals surface area contributed by atoms with Crippen molar-refractivity contribution in [2.75, 3.05) is 18.0 Å². The largest absolute Gasteiger partial charge is 1.00 e. The second kappa shape index (κ2) is 7.97. The average molecular weight is 359 g/mol. The Hall–Kier alpha value is -0.624. The van der Waals surface area contributed by atoms with Crippen LogP contribution in [-0.4, -0.2) is 50.5 Å². The number of piperidine rings is 1. The number of aliphatic hydroxyl groups excluding tert-OH is 1. The van der Waals surface area contributed by atoms with Gasteiger partial charge in [0.15, 0.2) is 0 Å². The molecule has 0 saturated carbocycles. The van der Waals surface area contributed by atoms with E-state index in [1.807, 2.05) is 4.90 Å². The Kier molecular flexibility index (Phi) is 6.48.